The normalized spacial score (nSPS) is 10.2. The second-order valence-corrected chi connectivity index (χ2v) is 5.86. The molecule has 0 atom stereocenters. The lowest BCUT2D eigenvalue weighted by Crippen LogP contribution is -2.05. The van der Waals surface area contributed by atoms with Crippen LogP contribution >= 0.6 is 27.7 Å². The summed E-state index contributed by atoms with van der Waals surface area (Å²) in [6.07, 6.45) is 0. The van der Waals surface area contributed by atoms with Crippen molar-refractivity contribution >= 4 is 39.3 Å². The zero-order valence-electron chi connectivity index (χ0n) is 10.2. The van der Waals surface area contributed by atoms with E-state index in [1.54, 1.807) is 23.9 Å². The monoisotopic (exact) mass is 337 g/mol. The van der Waals surface area contributed by atoms with Crippen molar-refractivity contribution in [3.8, 4) is 0 Å². The Hall–Kier alpha value is -1.46. The Kier molecular flexibility index (Phi) is 4.50. The molecule has 5 heteroatoms. The molecule has 2 aromatic carbocycles. The Labute approximate surface area is 124 Å². The molecule has 0 aromatic heterocycles. The molecule has 19 heavy (non-hydrogen) atoms. The minimum absolute atomic E-state index is 0.393. The van der Waals surface area contributed by atoms with E-state index < -0.39 is 5.97 Å². The summed E-state index contributed by atoms with van der Waals surface area (Å²) >= 11 is 4.96. The van der Waals surface area contributed by atoms with Gasteiger partial charge in [-0.05, 0) is 42.5 Å². The minimum Gasteiger partial charge on any atom is -0.465 e. The van der Waals surface area contributed by atoms with Crippen molar-refractivity contribution in [1.29, 1.82) is 0 Å². The second-order valence-electron chi connectivity index (χ2n) is 3.80. The van der Waals surface area contributed by atoms with Crippen LogP contribution in [0.1, 0.15) is 10.4 Å². The van der Waals surface area contributed by atoms with Gasteiger partial charge in [0, 0.05) is 20.0 Å². The van der Waals surface area contributed by atoms with Crippen molar-refractivity contribution in [2.75, 3.05) is 12.8 Å². The number of esters is 1. The number of rotatable bonds is 3. The lowest BCUT2D eigenvalue weighted by Gasteiger charge is -2.07. The maximum absolute atomic E-state index is 11.6. The summed E-state index contributed by atoms with van der Waals surface area (Å²) < 4.78 is 5.74. The highest BCUT2D eigenvalue weighted by Crippen LogP contribution is 2.30. The molecular formula is C14H12BrNO2S. The third-order valence-corrected chi connectivity index (χ3v) is 4.01. The fourth-order valence-corrected chi connectivity index (χ4v) is 2.65. The summed E-state index contributed by atoms with van der Waals surface area (Å²) in [6.45, 7) is 0. The lowest BCUT2D eigenvalue weighted by atomic mass is 10.2. The van der Waals surface area contributed by atoms with Gasteiger partial charge in [0.15, 0.2) is 0 Å². The predicted octanol–water partition coefficient (Wildman–Crippen LogP) is 3.97. The highest BCUT2D eigenvalue weighted by Gasteiger charge is 2.11. The highest BCUT2D eigenvalue weighted by molar-refractivity contribution is 9.10. The first-order chi connectivity index (χ1) is 9.10. The molecule has 0 bridgehead atoms. The van der Waals surface area contributed by atoms with Crippen LogP contribution in [0.15, 0.2) is 56.7 Å². The number of halogens is 1. The van der Waals surface area contributed by atoms with Crippen LogP contribution in [0.5, 0.6) is 0 Å². The fourth-order valence-electron chi connectivity index (χ4n) is 1.52. The number of carbonyl (C=O) groups excluding carboxylic acids is 1. The van der Waals surface area contributed by atoms with E-state index in [0.29, 0.717) is 11.3 Å². The minimum atomic E-state index is -0.421. The number of hydrogen-bond donors (Lipinski definition) is 1. The standard InChI is InChI=1S/C14H12BrNO2S/c1-18-14(17)12-8-11(6-7-13(12)16)19-10-4-2-9(15)3-5-10/h2-8H,16H2,1H3. The number of anilines is 1. The molecule has 0 heterocycles. The number of ether oxygens (including phenoxy) is 1. The SMILES string of the molecule is COC(=O)c1cc(Sc2ccc(Br)cc2)ccc1N. The van der Waals surface area contributed by atoms with Crippen LogP contribution in [0.4, 0.5) is 5.69 Å². The van der Waals surface area contributed by atoms with E-state index in [4.69, 9.17) is 10.5 Å². The van der Waals surface area contributed by atoms with Gasteiger partial charge in [0.2, 0.25) is 0 Å². The number of nitrogen functional groups attached to an aromatic ring is 1. The van der Waals surface area contributed by atoms with E-state index in [1.165, 1.54) is 7.11 Å². The maximum Gasteiger partial charge on any atom is 0.339 e. The van der Waals surface area contributed by atoms with Crippen LogP contribution in [0.2, 0.25) is 0 Å². The van der Waals surface area contributed by atoms with E-state index in [-0.39, 0.29) is 0 Å². The van der Waals surface area contributed by atoms with Gasteiger partial charge in [-0.1, -0.05) is 27.7 Å². The Bertz CT molecular complexity index is 599. The quantitative estimate of drug-likeness (QED) is 0.680. The summed E-state index contributed by atoms with van der Waals surface area (Å²) in [7, 11) is 1.34. The molecule has 2 aromatic rings. The van der Waals surface area contributed by atoms with Crippen LogP contribution in [-0.2, 0) is 4.74 Å². The van der Waals surface area contributed by atoms with Gasteiger partial charge in [-0.15, -0.1) is 0 Å². The van der Waals surface area contributed by atoms with Gasteiger partial charge in [0.05, 0.1) is 12.7 Å². The molecule has 0 aliphatic carbocycles. The van der Waals surface area contributed by atoms with E-state index in [0.717, 1.165) is 14.3 Å². The molecule has 3 nitrogen and oxygen atoms in total. The van der Waals surface area contributed by atoms with Crippen molar-refractivity contribution < 1.29 is 9.53 Å². The number of methoxy groups -OCH3 is 1. The third kappa shape index (κ3) is 3.52. The largest absolute Gasteiger partial charge is 0.465 e. The molecule has 0 saturated heterocycles. The summed E-state index contributed by atoms with van der Waals surface area (Å²) in [5.74, 6) is -0.421. The first-order valence-electron chi connectivity index (χ1n) is 5.51. The first-order valence-corrected chi connectivity index (χ1v) is 7.12. The van der Waals surface area contributed by atoms with Gasteiger partial charge in [-0.3, -0.25) is 0 Å². The maximum atomic E-state index is 11.6. The summed E-state index contributed by atoms with van der Waals surface area (Å²) in [5, 5.41) is 0. The van der Waals surface area contributed by atoms with E-state index in [1.807, 2.05) is 30.3 Å². The van der Waals surface area contributed by atoms with Crippen molar-refractivity contribution in [3.05, 3.63) is 52.5 Å². The van der Waals surface area contributed by atoms with E-state index >= 15 is 0 Å². The van der Waals surface area contributed by atoms with Gasteiger partial charge in [-0.2, -0.15) is 0 Å². The first kappa shape index (κ1) is 14.0. The highest BCUT2D eigenvalue weighted by atomic mass is 79.9. The van der Waals surface area contributed by atoms with E-state index in [2.05, 4.69) is 15.9 Å². The van der Waals surface area contributed by atoms with Crippen molar-refractivity contribution in [3.63, 3.8) is 0 Å². The average Bonchev–Trinajstić information content (AvgIpc) is 2.42. The molecule has 0 spiro atoms. The number of nitrogens with two attached hydrogens (primary N) is 1. The average molecular weight is 338 g/mol. The Morgan fingerprint density at radius 2 is 1.79 bits per heavy atom. The molecule has 0 aliphatic heterocycles. The third-order valence-electron chi connectivity index (χ3n) is 2.48. The summed E-state index contributed by atoms with van der Waals surface area (Å²) in [5.41, 5.74) is 6.58. The van der Waals surface area contributed by atoms with Crippen LogP contribution < -0.4 is 5.73 Å². The number of carbonyl (C=O) groups is 1. The molecular weight excluding hydrogens is 326 g/mol. The summed E-state index contributed by atoms with van der Waals surface area (Å²) in [4.78, 5) is 13.6. The van der Waals surface area contributed by atoms with Crippen molar-refractivity contribution in [2.45, 2.75) is 9.79 Å². The molecule has 2 N–H and O–H groups in total. The van der Waals surface area contributed by atoms with Gasteiger partial charge in [-0.25, -0.2) is 4.79 Å². The second kappa shape index (κ2) is 6.12. The molecule has 0 amide bonds. The molecule has 0 saturated carbocycles. The number of hydrogen-bond acceptors (Lipinski definition) is 4. The Morgan fingerprint density at radius 1 is 1.16 bits per heavy atom. The van der Waals surface area contributed by atoms with Crippen LogP contribution in [0, 0.1) is 0 Å². The van der Waals surface area contributed by atoms with Gasteiger partial charge in [0.25, 0.3) is 0 Å². The van der Waals surface area contributed by atoms with Gasteiger partial charge >= 0.3 is 5.97 Å². The lowest BCUT2D eigenvalue weighted by molar-refractivity contribution is 0.0601. The summed E-state index contributed by atoms with van der Waals surface area (Å²) in [6, 6.07) is 13.3. The zero-order chi connectivity index (χ0) is 13.8. The fraction of sp³-hybridized carbons (Fsp3) is 0.0714. The smallest absolute Gasteiger partial charge is 0.339 e. The zero-order valence-corrected chi connectivity index (χ0v) is 12.6. The number of benzene rings is 2. The molecule has 0 unspecified atom stereocenters. The van der Waals surface area contributed by atoms with E-state index in [9.17, 15) is 4.79 Å². The van der Waals surface area contributed by atoms with Gasteiger partial charge in [0.1, 0.15) is 0 Å². The predicted molar refractivity (Wildman–Crippen MR) is 80.5 cm³/mol. The molecule has 0 radical (unpaired) electrons. The molecule has 0 fully saturated rings. The topological polar surface area (TPSA) is 52.3 Å². The van der Waals surface area contributed by atoms with Crippen LogP contribution in [0.25, 0.3) is 0 Å². The molecule has 98 valence electrons. The van der Waals surface area contributed by atoms with Gasteiger partial charge < -0.3 is 10.5 Å². The molecule has 2 rings (SSSR count). The van der Waals surface area contributed by atoms with Crippen LogP contribution in [0.3, 0.4) is 0 Å². The van der Waals surface area contributed by atoms with Crippen LogP contribution in [-0.4, -0.2) is 13.1 Å². The van der Waals surface area contributed by atoms with Crippen molar-refractivity contribution in [1.82, 2.24) is 0 Å². The Morgan fingerprint density at radius 3 is 2.42 bits per heavy atom. The van der Waals surface area contributed by atoms with Crippen molar-refractivity contribution in [2.24, 2.45) is 0 Å². The molecule has 0 aliphatic rings. The Balaban J connectivity index is 2.26.